The second kappa shape index (κ2) is 6.65. The summed E-state index contributed by atoms with van der Waals surface area (Å²) in [7, 11) is 0. The maximum absolute atomic E-state index is 12.2. The average Bonchev–Trinajstić information content (AvgIpc) is 2.48. The largest absolute Gasteiger partial charge is 0.385 e. The van der Waals surface area contributed by atoms with E-state index >= 15 is 0 Å². The van der Waals surface area contributed by atoms with Crippen molar-refractivity contribution in [3.05, 3.63) is 47.9 Å². The van der Waals surface area contributed by atoms with E-state index in [1.165, 1.54) is 0 Å². The van der Waals surface area contributed by atoms with Gasteiger partial charge in [0.05, 0.1) is 0 Å². The molecule has 0 aliphatic carbocycles. The van der Waals surface area contributed by atoms with Crippen LogP contribution in [0.15, 0.2) is 36.7 Å². The summed E-state index contributed by atoms with van der Waals surface area (Å²) in [5.41, 5.74) is 2.18. The van der Waals surface area contributed by atoms with Gasteiger partial charge in [0.2, 0.25) is 0 Å². The molecule has 0 saturated carbocycles. The Morgan fingerprint density at radius 1 is 1.25 bits per heavy atom. The number of aromatic nitrogens is 2. The highest BCUT2D eigenvalue weighted by molar-refractivity contribution is 6.03. The van der Waals surface area contributed by atoms with Crippen LogP contribution in [0.5, 0.6) is 0 Å². The van der Waals surface area contributed by atoms with Crippen molar-refractivity contribution in [3.8, 4) is 0 Å². The number of anilines is 2. The van der Waals surface area contributed by atoms with Gasteiger partial charge in [-0.25, -0.2) is 4.98 Å². The van der Waals surface area contributed by atoms with Crippen molar-refractivity contribution in [3.63, 3.8) is 0 Å². The third-order valence-corrected chi connectivity index (χ3v) is 2.81. The van der Waals surface area contributed by atoms with Crippen molar-refractivity contribution in [2.75, 3.05) is 17.2 Å². The summed E-state index contributed by atoms with van der Waals surface area (Å²) in [5, 5.41) is 6.00. The maximum atomic E-state index is 12.2. The molecule has 0 bridgehead atoms. The minimum absolute atomic E-state index is 0.257. The van der Waals surface area contributed by atoms with Crippen molar-refractivity contribution in [1.29, 1.82) is 0 Å². The van der Waals surface area contributed by atoms with E-state index in [1.807, 2.05) is 25.1 Å². The highest BCUT2D eigenvalue weighted by Gasteiger charge is 2.10. The molecule has 2 rings (SSSR count). The molecular weight excluding hydrogens is 252 g/mol. The van der Waals surface area contributed by atoms with E-state index in [0.717, 1.165) is 24.2 Å². The summed E-state index contributed by atoms with van der Waals surface area (Å²) < 4.78 is 0. The summed E-state index contributed by atoms with van der Waals surface area (Å²) in [6.07, 6.45) is 4.30. The van der Waals surface area contributed by atoms with Gasteiger partial charge in [0.25, 0.3) is 5.91 Å². The number of nitrogens with zero attached hydrogens (tertiary/aromatic N) is 2. The number of hydrogen-bond donors (Lipinski definition) is 2. The lowest BCUT2D eigenvalue weighted by Gasteiger charge is -2.08. The van der Waals surface area contributed by atoms with Gasteiger partial charge in [0.1, 0.15) is 11.5 Å². The van der Waals surface area contributed by atoms with E-state index < -0.39 is 0 Å². The Labute approximate surface area is 118 Å². The molecule has 2 heterocycles. The minimum atomic E-state index is -0.257. The normalized spacial score (nSPS) is 10.1. The molecule has 0 unspecified atom stereocenters. The van der Waals surface area contributed by atoms with E-state index in [2.05, 4.69) is 27.5 Å². The number of amides is 1. The quantitative estimate of drug-likeness (QED) is 0.876. The van der Waals surface area contributed by atoms with Crippen LogP contribution in [0.3, 0.4) is 0 Å². The molecule has 2 aromatic heterocycles. The Balaban J connectivity index is 2.11. The predicted octanol–water partition coefficient (Wildman–Crippen LogP) is 2.86. The van der Waals surface area contributed by atoms with Gasteiger partial charge in [-0.15, -0.1) is 0 Å². The van der Waals surface area contributed by atoms with E-state index in [9.17, 15) is 4.79 Å². The Morgan fingerprint density at radius 3 is 2.85 bits per heavy atom. The van der Waals surface area contributed by atoms with Crippen molar-refractivity contribution in [2.24, 2.45) is 0 Å². The third-order valence-electron chi connectivity index (χ3n) is 2.81. The highest BCUT2D eigenvalue weighted by atomic mass is 16.1. The summed E-state index contributed by atoms with van der Waals surface area (Å²) in [6.45, 7) is 4.85. The van der Waals surface area contributed by atoms with Crippen LogP contribution in [-0.4, -0.2) is 22.4 Å². The van der Waals surface area contributed by atoms with E-state index in [4.69, 9.17) is 0 Å². The molecule has 2 N–H and O–H groups in total. The lowest BCUT2D eigenvalue weighted by Crippen LogP contribution is -2.15. The maximum Gasteiger partial charge on any atom is 0.275 e. The number of aryl methyl sites for hydroxylation is 1. The zero-order valence-corrected chi connectivity index (χ0v) is 11.7. The van der Waals surface area contributed by atoms with Crippen LogP contribution in [0.4, 0.5) is 11.5 Å². The molecule has 0 saturated heterocycles. The number of hydrogen-bond acceptors (Lipinski definition) is 4. The Hall–Kier alpha value is -2.43. The van der Waals surface area contributed by atoms with Gasteiger partial charge in [-0.1, -0.05) is 13.0 Å². The van der Waals surface area contributed by atoms with Gasteiger partial charge in [-0.3, -0.25) is 9.78 Å². The lowest BCUT2D eigenvalue weighted by atomic mass is 10.2. The molecule has 0 atom stereocenters. The van der Waals surface area contributed by atoms with Crippen LogP contribution < -0.4 is 10.6 Å². The molecule has 20 heavy (non-hydrogen) atoms. The van der Waals surface area contributed by atoms with Crippen molar-refractivity contribution >= 4 is 17.4 Å². The van der Waals surface area contributed by atoms with Gasteiger partial charge >= 0.3 is 0 Å². The zero-order chi connectivity index (χ0) is 14.4. The molecule has 5 heteroatoms. The average molecular weight is 270 g/mol. The van der Waals surface area contributed by atoms with Gasteiger partial charge in [-0.2, -0.15) is 0 Å². The molecule has 0 fully saturated rings. The molecule has 0 aliphatic heterocycles. The minimum Gasteiger partial charge on any atom is -0.385 e. The smallest absolute Gasteiger partial charge is 0.275 e. The second-order valence-electron chi connectivity index (χ2n) is 4.48. The molecule has 0 aromatic carbocycles. The molecule has 0 radical (unpaired) electrons. The molecule has 2 aromatic rings. The van der Waals surface area contributed by atoms with E-state index in [1.54, 1.807) is 18.5 Å². The summed E-state index contributed by atoms with van der Waals surface area (Å²) in [5.74, 6) is 0.304. The molecule has 5 nitrogen and oxygen atoms in total. The van der Waals surface area contributed by atoms with Crippen LogP contribution in [0.1, 0.15) is 29.4 Å². The Bertz CT molecular complexity index is 598. The first kappa shape index (κ1) is 14.0. The monoisotopic (exact) mass is 270 g/mol. The predicted molar refractivity (Wildman–Crippen MR) is 79.9 cm³/mol. The number of pyridine rings is 2. The van der Waals surface area contributed by atoms with E-state index in [-0.39, 0.29) is 5.91 Å². The topological polar surface area (TPSA) is 66.9 Å². The standard InChI is InChI=1S/C15H18N4O/c1-3-7-16-12-6-9-17-13(10-12)15(20)19-14-11(2)5-4-8-18-14/h4-6,8-10H,3,7H2,1-2H3,(H,16,17)(H,18,19,20). The highest BCUT2D eigenvalue weighted by Crippen LogP contribution is 2.12. The molecule has 104 valence electrons. The third kappa shape index (κ3) is 3.54. The van der Waals surface area contributed by atoms with Crippen LogP contribution in [0.2, 0.25) is 0 Å². The van der Waals surface area contributed by atoms with Gasteiger partial charge in [-0.05, 0) is 37.1 Å². The number of carbonyl (C=O) groups is 1. The Morgan fingerprint density at radius 2 is 2.10 bits per heavy atom. The summed E-state index contributed by atoms with van der Waals surface area (Å²) >= 11 is 0. The lowest BCUT2D eigenvalue weighted by molar-refractivity contribution is 0.102. The molecule has 0 spiro atoms. The first-order chi connectivity index (χ1) is 9.70. The fraction of sp³-hybridized carbons (Fsp3) is 0.267. The fourth-order valence-electron chi connectivity index (χ4n) is 1.72. The number of rotatable bonds is 5. The van der Waals surface area contributed by atoms with Gasteiger partial charge < -0.3 is 10.6 Å². The number of nitrogens with one attached hydrogen (secondary N) is 2. The van der Waals surface area contributed by atoms with Crippen LogP contribution >= 0.6 is 0 Å². The van der Waals surface area contributed by atoms with Crippen LogP contribution in [-0.2, 0) is 0 Å². The first-order valence-corrected chi connectivity index (χ1v) is 6.63. The Kier molecular flexibility index (Phi) is 4.65. The van der Waals surface area contributed by atoms with Gasteiger partial charge in [0.15, 0.2) is 0 Å². The number of carbonyl (C=O) groups excluding carboxylic acids is 1. The van der Waals surface area contributed by atoms with Crippen LogP contribution in [0.25, 0.3) is 0 Å². The zero-order valence-electron chi connectivity index (χ0n) is 11.7. The second-order valence-corrected chi connectivity index (χ2v) is 4.48. The van der Waals surface area contributed by atoms with Crippen molar-refractivity contribution < 1.29 is 4.79 Å². The van der Waals surface area contributed by atoms with E-state index in [0.29, 0.717) is 11.5 Å². The summed E-state index contributed by atoms with van der Waals surface area (Å²) in [6, 6.07) is 7.32. The first-order valence-electron chi connectivity index (χ1n) is 6.63. The molecule has 1 amide bonds. The SMILES string of the molecule is CCCNc1ccnc(C(=O)Nc2ncccc2C)c1. The fourth-order valence-corrected chi connectivity index (χ4v) is 1.72. The van der Waals surface area contributed by atoms with Crippen LogP contribution in [0, 0.1) is 6.92 Å². The van der Waals surface area contributed by atoms with Crippen molar-refractivity contribution in [2.45, 2.75) is 20.3 Å². The molecule has 0 aliphatic rings. The summed E-state index contributed by atoms with van der Waals surface area (Å²) in [4.78, 5) is 20.4. The van der Waals surface area contributed by atoms with Crippen molar-refractivity contribution in [1.82, 2.24) is 9.97 Å². The molecular formula is C15H18N4O. The van der Waals surface area contributed by atoms with Gasteiger partial charge in [0, 0.05) is 24.6 Å².